The number of benzene rings is 1. The van der Waals surface area contributed by atoms with Crippen LogP contribution in [-0.2, 0) is 9.59 Å². The summed E-state index contributed by atoms with van der Waals surface area (Å²) in [4.78, 5) is 25.6. The molecule has 1 aromatic carbocycles. The maximum Gasteiger partial charge on any atom is 0.249 e. The molecule has 2 amide bonds. The number of rotatable bonds is 2. The molecule has 26 heavy (non-hydrogen) atoms. The van der Waals surface area contributed by atoms with Crippen LogP contribution in [0.4, 0.5) is 14.5 Å². The molecule has 1 aromatic heterocycles. The van der Waals surface area contributed by atoms with Crippen molar-refractivity contribution in [2.75, 3.05) is 18.0 Å². The van der Waals surface area contributed by atoms with Gasteiger partial charge in [0.25, 0.3) is 0 Å². The van der Waals surface area contributed by atoms with Gasteiger partial charge in [0.2, 0.25) is 11.8 Å². The number of hydrogen-bond acceptors (Lipinski definition) is 4. The highest BCUT2D eigenvalue weighted by Gasteiger charge is 2.39. The fourth-order valence-electron chi connectivity index (χ4n) is 4.48. The van der Waals surface area contributed by atoms with Crippen LogP contribution in [-0.4, -0.2) is 41.6 Å². The number of hydrogen-bond donors (Lipinski definition) is 2. The van der Waals surface area contributed by atoms with E-state index in [-0.39, 0.29) is 23.8 Å². The number of amides is 2. The van der Waals surface area contributed by atoms with Gasteiger partial charge in [-0.25, -0.2) is 8.78 Å². The Bertz CT molecular complexity index is 941. The molecule has 0 spiro atoms. The molecule has 2 N–H and O–H groups in total. The Labute approximate surface area is 148 Å². The van der Waals surface area contributed by atoms with Crippen molar-refractivity contribution in [2.45, 2.75) is 37.4 Å². The van der Waals surface area contributed by atoms with Gasteiger partial charge in [-0.3, -0.25) is 14.9 Å². The summed E-state index contributed by atoms with van der Waals surface area (Å²) in [6, 6.07) is 1.31. The Morgan fingerprint density at radius 3 is 2.65 bits per heavy atom. The first-order chi connectivity index (χ1) is 12.5. The Morgan fingerprint density at radius 1 is 1.15 bits per heavy atom. The molecule has 136 valence electrons. The summed E-state index contributed by atoms with van der Waals surface area (Å²) in [7, 11) is 0. The number of imide groups is 1. The van der Waals surface area contributed by atoms with Gasteiger partial charge in [-0.05, 0) is 12.8 Å². The first-order valence-electron chi connectivity index (χ1n) is 8.84. The van der Waals surface area contributed by atoms with Gasteiger partial charge in [-0.1, -0.05) is 0 Å². The van der Waals surface area contributed by atoms with E-state index in [0.29, 0.717) is 23.5 Å². The molecule has 3 atom stereocenters. The molecule has 2 aromatic rings. The zero-order valence-corrected chi connectivity index (χ0v) is 14.0. The SMILES string of the molecule is O=C1CCC(n2cc3c(N4CC5CC4CN5)cc(F)c(F)c3c2)C(=O)N1. The zero-order chi connectivity index (χ0) is 18.0. The number of nitrogens with one attached hydrogen (secondary N) is 2. The van der Waals surface area contributed by atoms with Crippen molar-refractivity contribution in [2.24, 2.45) is 0 Å². The van der Waals surface area contributed by atoms with Crippen molar-refractivity contribution in [1.82, 2.24) is 15.2 Å². The first-order valence-corrected chi connectivity index (χ1v) is 8.84. The van der Waals surface area contributed by atoms with Gasteiger partial charge >= 0.3 is 0 Å². The van der Waals surface area contributed by atoms with Gasteiger partial charge < -0.3 is 14.8 Å². The Kier molecular flexibility index (Phi) is 3.34. The van der Waals surface area contributed by atoms with E-state index in [9.17, 15) is 18.4 Å². The summed E-state index contributed by atoms with van der Waals surface area (Å²) < 4.78 is 30.3. The summed E-state index contributed by atoms with van der Waals surface area (Å²) in [6.07, 6.45) is 4.75. The lowest BCUT2D eigenvalue weighted by molar-refractivity contribution is -0.135. The number of carbonyl (C=O) groups excluding carboxylic acids is 2. The van der Waals surface area contributed by atoms with E-state index in [1.165, 1.54) is 12.3 Å². The molecule has 6 nitrogen and oxygen atoms in total. The van der Waals surface area contributed by atoms with Crippen molar-refractivity contribution in [1.29, 1.82) is 0 Å². The lowest BCUT2D eigenvalue weighted by Crippen LogP contribution is -2.43. The second-order valence-electron chi connectivity index (χ2n) is 7.34. The molecule has 0 saturated carbocycles. The van der Waals surface area contributed by atoms with E-state index >= 15 is 0 Å². The van der Waals surface area contributed by atoms with Crippen molar-refractivity contribution >= 4 is 28.3 Å². The van der Waals surface area contributed by atoms with Crippen LogP contribution in [0.25, 0.3) is 10.8 Å². The minimum atomic E-state index is -0.905. The van der Waals surface area contributed by atoms with Crippen LogP contribution in [0.2, 0.25) is 0 Å². The van der Waals surface area contributed by atoms with Crippen LogP contribution in [0.3, 0.4) is 0 Å². The summed E-state index contributed by atoms with van der Waals surface area (Å²) >= 11 is 0. The number of anilines is 1. The zero-order valence-electron chi connectivity index (χ0n) is 14.0. The van der Waals surface area contributed by atoms with Crippen LogP contribution in [0.1, 0.15) is 25.3 Å². The van der Waals surface area contributed by atoms with Crippen molar-refractivity contribution < 1.29 is 18.4 Å². The molecule has 2 bridgehead atoms. The lowest BCUT2D eigenvalue weighted by Gasteiger charge is -2.30. The Morgan fingerprint density at radius 2 is 1.96 bits per heavy atom. The third kappa shape index (κ3) is 2.25. The van der Waals surface area contributed by atoms with Crippen LogP contribution in [0, 0.1) is 11.6 Å². The predicted octanol–water partition coefficient (Wildman–Crippen LogP) is 1.45. The molecule has 3 fully saturated rings. The van der Waals surface area contributed by atoms with Crippen LogP contribution in [0.15, 0.2) is 18.5 Å². The topological polar surface area (TPSA) is 66.4 Å². The van der Waals surface area contributed by atoms with Crippen LogP contribution < -0.4 is 15.5 Å². The van der Waals surface area contributed by atoms with E-state index in [0.717, 1.165) is 19.5 Å². The highest BCUT2D eigenvalue weighted by molar-refractivity contribution is 6.00. The average Bonchev–Trinajstić information content (AvgIpc) is 3.33. The van der Waals surface area contributed by atoms with Gasteiger partial charge in [0.15, 0.2) is 11.6 Å². The fraction of sp³-hybridized carbons (Fsp3) is 0.444. The van der Waals surface area contributed by atoms with Gasteiger partial charge in [0, 0.05) is 66.5 Å². The normalized spacial score (nSPS) is 28.2. The maximum atomic E-state index is 14.4. The number of nitrogens with zero attached hydrogens (tertiary/aromatic N) is 2. The molecule has 5 rings (SSSR count). The van der Waals surface area contributed by atoms with Gasteiger partial charge in [0.1, 0.15) is 6.04 Å². The molecule has 0 radical (unpaired) electrons. The van der Waals surface area contributed by atoms with E-state index < -0.39 is 23.6 Å². The van der Waals surface area contributed by atoms with Gasteiger partial charge in [0.05, 0.1) is 0 Å². The summed E-state index contributed by atoms with van der Waals surface area (Å²) in [5.74, 6) is -2.50. The largest absolute Gasteiger partial charge is 0.365 e. The first kappa shape index (κ1) is 15.7. The molecule has 3 unspecified atom stereocenters. The Balaban J connectivity index is 1.61. The quantitative estimate of drug-likeness (QED) is 0.796. The highest BCUT2D eigenvalue weighted by Crippen LogP contribution is 2.38. The third-order valence-corrected chi connectivity index (χ3v) is 5.77. The third-order valence-electron chi connectivity index (χ3n) is 5.77. The average molecular weight is 360 g/mol. The van der Waals surface area contributed by atoms with Crippen LogP contribution in [0.5, 0.6) is 0 Å². The summed E-state index contributed by atoms with van der Waals surface area (Å²) in [5, 5.41) is 6.47. The number of carbonyl (C=O) groups is 2. The molecular formula is C18H18F2N4O2. The second-order valence-corrected chi connectivity index (χ2v) is 7.34. The molecule has 3 saturated heterocycles. The van der Waals surface area contributed by atoms with Crippen molar-refractivity contribution in [3.8, 4) is 0 Å². The predicted molar refractivity (Wildman–Crippen MR) is 90.8 cm³/mol. The van der Waals surface area contributed by atoms with E-state index in [4.69, 9.17) is 0 Å². The van der Waals surface area contributed by atoms with Crippen LogP contribution >= 0.6 is 0 Å². The number of aromatic nitrogens is 1. The molecule has 4 heterocycles. The standard InChI is InChI=1S/C18H18F2N4O2/c19-13-4-15(24-6-9-3-10(24)5-21-9)11-7-23(8-12(11)17(13)20)14-1-2-16(25)22-18(14)26/h4,7-10,14,21H,1-3,5-6H2,(H,22,25,26). The van der Waals surface area contributed by atoms with E-state index in [2.05, 4.69) is 15.5 Å². The monoisotopic (exact) mass is 360 g/mol. The number of piperidine rings is 1. The molecule has 8 heteroatoms. The number of fused-ring (bicyclic) bond motifs is 3. The maximum absolute atomic E-state index is 14.4. The van der Waals surface area contributed by atoms with E-state index in [1.807, 2.05) is 0 Å². The van der Waals surface area contributed by atoms with Crippen molar-refractivity contribution in [3.05, 3.63) is 30.1 Å². The summed E-state index contributed by atoms with van der Waals surface area (Å²) in [5.41, 5.74) is 0.666. The van der Waals surface area contributed by atoms with Gasteiger partial charge in [-0.15, -0.1) is 0 Å². The number of piperazine rings is 1. The lowest BCUT2D eigenvalue weighted by atomic mass is 10.1. The van der Waals surface area contributed by atoms with E-state index in [1.54, 1.807) is 10.8 Å². The minimum Gasteiger partial charge on any atom is -0.365 e. The molecule has 3 aliphatic heterocycles. The highest BCUT2D eigenvalue weighted by atomic mass is 19.2. The molecular weight excluding hydrogens is 342 g/mol. The van der Waals surface area contributed by atoms with Crippen molar-refractivity contribution in [3.63, 3.8) is 0 Å². The smallest absolute Gasteiger partial charge is 0.249 e. The molecule has 3 aliphatic rings. The minimum absolute atomic E-state index is 0.167. The number of halogens is 2. The second kappa shape index (κ2) is 5.51. The fourth-order valence-corrected chi connectivity index (χ4v) is 4.48. The Hall–Kier alpha value is -2.48. The molecule has 0 aliphatic carbocycles. The summed E-state index contributed by atoms with van der Waals surface area (Å²) in [6.45, 7) is 1.59. The van der Waals surface area contributed by atoms with Gasteiger partial charge in [-0.2, -0.15) is 0 Å².